The Bertz CT molecular complexity index is 1350. The molecule has 1 amide bonds. The van der Waals surface area contributed by atoms with E-state index < -0.39 is 5.97 Å². The highest BCUT2D eigenvalue weighted by Gasteiger charge is 2.26. The molecule has 1 aliphatic rings. The minimum Gasteiger partial charge on any atom is -0.493 e. The van der Waals surface area contributed by atoms with Crippen molar-refractivity contribution >= 4 is 28.2 Å². The first-order chi connectivity index (χ1) is 17.9. The standard InChI is InChI=1S/C28H28FN3O4S/c1-3-35-24-13-18(8-9-21(24)28(34)36-4-2)14-26(33)31-27-22(15-30)23-17-32(11-10-25(23)37-27)16-19-6-5-7-20(29)12-19/h5-9,12-13H,3-4,10-11,14,16-17H2,1-2H3,(H,31,33). The van der Waals surface area contributed by atoms with Crippen LogP contribution in [-0.2, 0) is 35.5 Å². The highest BCUT2D eigenvalue weighted by Crippen LogP contribution is 2.37. The monoisotopic (exact) mass is 521 g/mol. The van der Waals surface area contributed by atoms with E-state index in [-0.39, 0.29) is 24.8 Å². The summed E-state index contributed by atoms with van der Waals surface area (Å²) in [5, 5.41) is 13.3. The number of nitrogens with zero attached hydrogens (tertiary/aromatic N) is 2. The van der Waals surface area contributed by atoms with Crippen LogP contribution in [0.3, 0.4) is 0 Å². The number of thiophene rings is 1. The number of ether oxygens (including phenoxy) is 2. The van der Waals surface area contributed by atoms with Gasteiger partial charge in [0, 0.05) is 30.1 Å². The first-order valence-corrected chi connectivity index (χ1v) is 13.0. The lowest BCUT2D eigenvalue weighted by Crippen LogP contribution is -2.29. The van der Waals surface area contributed by atoms with Crippen molar-refractivity contribution in [1.82, 2.24) is 4.90 Å². The number of esters is 1. The summed E-state index contributed by atoms with van der Waals surface area (Å²) < 4.78 is 24.3. The molecule has 37 heavy (non-hydrogen) atoms. The van der Waals surface area contributed by atoms with Crippen molar-refractivity contribution in [3.8, 4) is 11.8 Å². The second-order valence-electron chi connectivity index (χ2n) is 8.62. The molecule has 0 radical (unpaired) electrons. The van der Waals surface area contributed by atoms with E-state index in [4.69, 9.17) is 9.47 Å². The summed E-state index contributed by atoms with van der Waals surface area (Å²) in [5.74, 6) is -0.638. The van der Waals surface area contributed by atoms with E-state index in [2.05, 4.69) is 16.3 Å². The van der Waals surface area contributed by atoms with E-state index in [9.17, 15) is 19.2 Å². The topological polar surface area (TPSA) is 91.7 Å². The molecule has 9 heteroatoms. The van der Waals surface area contributed by atoms with Crippen LogP contribution in [0.4, 0.5) is 9.39 Å². The molecule has 1 aromatic heterocycles. The van der Waals surface area contributed by atoms with Gasteiger partial charge in [-0.3, -0.25) is 9.69 Å². The molecule has 2 aromatic carbocycles. The highest BCUT2D eigenvalue weighted by molar-refractivity contribution is 7.16. The molecule has 192 valence electrons. The highest BCUT2D eigenvalue weighted by atomic mass is 32.1. The zero-order valence-corrected chi connectivity index (χ0v) is 21.6. The molecule has 0 aliphatic carbocycles. The van der Waals surface area contributed by atoms with Crippen LogP contribution in [-0.4, -0.2) is 36.5 Å². The molecule has 4 rings (SSSR count). The summed E-state index contributed by atoms with van der Waals surface area (Å²) in [6.45, 7) is 6.10. The third kappa shape index (κ3) is 6.34. The van der Waals surface area contributed by atoms with E-state index in [0.29, 0.717) is 47.1 Å². The molecule has 1 aliphatic heterocycles. The number of hydrogen-bond donors (Lipinski definition) is 1. The Morgan fingerprint density at radius 3 is 2.73 bits per heavy atom. The van der Waals surface area contributed by atoms with Crippen molar-refractivity contribution in [2.45, 2.75) is 39.8 Å². The summed E-state index contributed by atoms with van der Waals surface area (Å²) in [6.07, 6.45) is 0.815. The SMILES string of the molecule is CCOC(=O)c1ccc(CC(=O)Nc2sc3c(c2C#N)CN(Cc2cccc(F)c2)CC3)cc1OCC. The number of nitriles is 1. The Labute approximate surface area is 219 Å². The molecule has 3 aromatic rings. The lowest BCUT2D eigenvalue weighted by atomic mass is 10.0. The first kappa shape index (κ1) is 26.3. The summed E-state index contributed by atoms with van der Waals surface area (Å²) in [4.78, 5) is 28.4. The molecule has 0 unspecified atom stereocenters. The summed E-state index contributed by atoms with van der Waals surface area (Å²) in [6, 6.07) is 13.8. The van der Waals surface area contributed by atoms with Gasteiger partial charge in [-0.05, 0) is 55.7 Å². The van der Waals surface area contributed by atoms with Gasteiger partial charge in [-0.25, -0.2) is 9.18 Å². The van der Waals surface area contributed by atoms with Crippen LogP contribution in [0.25, 0.3) is 0 Å². The zero-order chi connectivity index (χ0) is 26.4. The van der Waals surface area contributed by atoms with Crippen molar-refractivity contribution in [2.24, 2.45) is 0 Å². The van der Waals surface area contributed by atoms with Gasteiger partial charge in [0.05, 0.1) is 25.2 Å². The number of fused-ring (bicyclic) bond motifs is 1. The fourth-order valence-electron chi connectivity index (χ4n) is 4.36. The Balaban J connectivity index is 1.46. The maximum Gasteiger partial charge on any atom is 0.341 e. The average molecular weight is 522 g/mol. The van der Waals surface area contributed by atoms with Crippen molar-refractivity contribution < 1.29 is 23.5 Å². The van der Waals surface area contributed by atoms with E-state index >= 15 is 0 Å². The smallest absolute Gasteiger partial charge is 0.341 e. The fourth-order valence-corrected chi connectivity index (χ4v) is 5.53. The quantitative estimate of drug-likeness (QED) is 0.395. The van der Waals surface area contributed by atoms with Gasteiger partial charge in [0.25, 0.3) is 0 Å². The molecular formula is C28H28FN3O4S. The van der Waals surface area contributed by atoms with Gasteiger partial charge >= 0.3 is 5.97 Å². The number of carbonyl (C=O) groups excluding carboxylic acids is 2. The lowest BCUT2D eigenvalue weighted by molar-refractivity contribution is -0.115. The zero-order valence-electron chi connectivity index (χ0n) is 20.8. The van der Waals surface area contributed by atoms with Crippen molar-refractivity contribution in [3.63, 3.8) is 0 Å². The van der Waals surface area contributed by atoms with E-state index in [1.807, 2.05) is 13.0 Å². The summed E-state index contributed by atoms with van der Waals surface area (Å²) >= 11 is 1.43. The molecule has 0 spiro atoms. The maximum absolute atomic E-state index is 13.6. The summed E-state index contributed by atoms with van der Waals surface area (Å²) in [7, 11) is 0. The normalized spacial score (nSPS) is 12.9. The number of nitrogens with one attached hydrogen (secondary N) is 1. The Hall–Kier alpha value is -3.74. The number of anilines is 1. The molecule has 0 saturated carbocycles. The van der Waals surface area contributed by atoms with E-state index in [1.165, 1.54) is 23.5 Å². The van der Waals surface area contributed by atoms with Gasteiger partial charge in [0.1, 0.15) is 28.2 Å². The number of benzene rings is 2. The molecule has 0 atom stereocenters. The predicted molar refractivity (Wildman–Crippen MR) is 139 cm³/mol. The van der Waals surface area contributed by atoms with Crippen LogP contribution >= 0.6 is 11.3 Å². The first-order valence-electron chi connectivity index (χ1n) is 12.2. The third-order valence-corrected chi connectivity index (χ3v) is 7.20. The Kier molecular flexibility index (Phi) is 8.54. The van der Waals surface area contributed by atoms with Crippen LogP contribution in [0.15, 0.2) is 42.5 Å². The Morgan fingerprint density at radius 1 is 1.16 bits per heavy atom. The molecular weight excluding hydrogens is 493 g/mol. The van der Waals surface area contributed by atoms with Gasteiger partial charge < -0.3 is 14.8 Å². The minimum absolute atomic E-state index is 0.0578. The van der Waals surface area contributed by atoms with Gasteiger partial charge in [-0.2, -0.15) is 5.26 Å². The molecule has 2 heterocycles. The fraction of sp³-hybridized carbons (Fsp3) is 0.321. The molecule has 0 saturated heterocycles. The maximum atomic E-state index is 13.6. The Morgan fingerprint density at radius 2 is 2.00 bits per heavy atom. The number of hydrogen-bond acceptors (Lipinski definition) is 7. The molecule has 0 fully saturated rings. The van der Waals surface area contributed by atoms with Gasteiger partial charge in [0.15, 0.2) is 0 Å². The second-order valence-corrected chi connectivity index (χ2v) is 9.72. The van der Waals surface area contributed by atoms with Crippen molar-refractivity contribution in [3.05, 3.63) is 81.0 Å². The van der Waals surface area contributed by atoms with Crippen molar-refractivity contribution in [1.29, 1.82) is 5.26 Å². The van der Waals surface area contributed by atoms with Crippen LogP contribution < -0.4 is 10.1 Å². The molecule has 1 N–H and O–H groups in total. The van der Waals surface area contributed by atoms with Crippen LogP contribution in [0, 0.1) is 17.1 Å². The van der Waals surface area contributed by atoms with Crippen LogP contribution in [0.5, 0.6) is 5.75 Å². The molecule has 0 bridgehead atoms. The van der Waals surface area contributed by atoms with Crippen LogP contribution in [0.2, 0.25) is 0 Å². The number of rotatable bonds is 9. The second kappa shape index (κ2) is 12.0. The lowest BCUT2D eigenvalue weighted by Gasteiger charge is -2.27. The summed E-state index contributed by atoms with van der Waals surface area (Å²) in [5.41, 5.74) is 3.27. The average Bonchev–Trinajstić information content (AvgIpc) is 3.20. The number of halogens is 1. The number of carbonyl (C=O) groups is 2. The van der Waals surface area contributed by atoms with E-state index in [0.717, 1.165) is 29.0 Å². The van der Waals surface area contributed by atoms with Crippen LogP contribution in [0.1, 0.15) is 51.3 Å². The van der Waals surface area contributed by atoms with Gasteiger partial charge in [0.2, 0.25) is 5.91 Å². The minimum atomic E-state index is -0.476. The van der Waals surface area contributed by atoms with Gasteiger partial charge in [-0.1, -0.05) is 18.2 Å². The predicted octanol–water partition coefficient (Wildman–Crippen LogP) is 5.07. The largest absolute Gasteiger partial charge is 0.493 e. The van der Waals surface area contributed by atoms with Gasteiger partial charge in [-0.15, -0.1) is 11.3 Å². The van der Waals surface area contributed by atoms with E-state index in [1.54, 1.807) is 31.2 Å². The van der Waals surface area contributed by atoms with Crippen molar-refractivity contribution in [2.75, 3.05) is 25.1 Å². The number of amides is 1. The third-order valence-electron chi connectivity index (χ3n) is 5.99. The molecule has 7 nitrogen and oxygen atoms in total.